The zero-order valence-corrected chi connectivity index (χ0v) is 62.9. The highest BCUT2D eigenvalue weighted by atomic mass is 32.2. The van der Waals surface area contributed by atoms with Crippen molar-refractivity contribution in [2.45, 2.75) is 193 Å². The number of fused-ring (bicyclic) bond motifs is 4. The summed E-state index contributed by atoms with van der Waals surface area (Å²) in [6, 6.07) is 34.4. The van der Waals surface area contributed by atoms with Gasteiger partial charge in [0, 0.05) is 110 Å². The molecular formula is C78H90F2N6S8. The minimum Gasteiger partial charge on any atom is -0.203 e. The second-order valence-electron chi connectivity index (χ2n) is 25.8. The number of rotatable bonds is 33. The Bertz CT molecular complexity index is 4410. The SMILES string of the molecule is CCCCC(CC)CSc1ccc(-c2c3cc(-c4ccc(-c5ccc(-c6ccc(-c7ccc(-c8ccc(C)c9nn(CC(CC)CCCC)nc89)s7)c(F)c6F)s5)c5nn(CC(CC)CCCC)nc45)sc3c(-c3ccc(SCC(CC)CCCC)s3)c3cc(C)sc23)s1. The highest BCUT2D eigenvalue weighted by molar-refractivity contribution is 8.01. The average Bonchev–Trinajstić information content (AvgIpc) is 1.56. The third kappa shape index (κ3) is 14.9. The number of aryl methyl sites for hydroxylation is 2. The highest BCUT2D eigenvalue weighted by Gasteiger charge is 2.28. The molecule has 0 radical (unpaired) electrons. The number of aromatic nitrogens is 6. The Morgan fingerprint density at radius 1 is 0.383 bits per heavy atom. The van der Waals surface area contributed by atoms with Gasteiger partial charge < -0.3 is 0 Å². The lowest BCUT2D eigenvalue weighted by atomic mass is 9.99. The molecule has 16 heteroatoms. The molecule has 4 atom stereocenters. The van der Waals surface area contributed by atoms with Crippen LogP contribution in [0.25, 0.3) is 115 Å². The van der Waals surface area contributed by atoms with Gasteiger partial charge in [0.25, 0.3) is 0 Å². The molecule has 6 nitrogen and oxygen atoms in total. The second-order valence-corrected chi connectivity index (χ2v) is 35.1. The molecule has 12 rings (SSSR count). The summed E-state index contributed by atoms with van der Waals surface area (Å²) >= 11 is 14.7. The topological polar surface area (TPSA) is 61.4 Å². The van der Waals surface area contributed by atoms with Crippen molar-refractivity contribution in [2.24, 2.45) is 23.7 Å². The summed E-state index contributed by atoms with van der Waals surface area (Å²) < 4.78 is 39.0. The van der Waals surface area contributed by atoms with E-state index in [-0.39, 0.29) is 11.1 Å². The average molecular weight is 1410 g/mol. The fraction of sp³-hybridized carbons (Fsp3) is 0.436. The van der Waals surface area contributed by atoms with Gasteiger partial charge in [-0.1, -0.05) is 157 Å². The maximum atomic E-state index is 16.9. The van der Waals surface area contributed by atoms with E-state index in [2.05, 4.69) is 130 Å². The molecular weight excluding hydrogens is 1320 g/mol. The lowest BCUT2D eigenvalue weighted by molar-refractivity contribution is 0.351. The van der Waals surface area contributed by atoms with Gasteiger partial charge in [-0.25, -0.2) is 8.78 Å². The third-order valence-corrected chi connectivity index (χ3v) is 28.8. The Morgan fingerprint density at radius 2 is 0.755 bits per heavy atom. The molecule has 494 valence electrons. The monoisotopic (exact) mass is 1400 g/mol. The number of benzene rings is 4. The molecule has 4 unspecified atom stereocenters. The molecule has 0 spiro atoms. The van der Waals surface area contributed by atoms with Crippen LogP contribution < -0.4 is 0 Å². The van der Waals surface area contributed by atoms with E-state index in [1.54, 1.807) is 12.1 Å². The van der Waals surface area contributed by atoms with Crippen LogP contribution in [0.4, 0.5) is 8.78 Å². The van der Waals surface area contributed by atoms with Crippen LogP contribution in [-0.2, 0) is 13.1 Å². The van der Waals surface area contributed by atoms with Crippen LogP contribution in [0.5, 0.6) is 0 Å². The van der Waals surface area contributed by atoms with E-state index in [0.717, 1.165) is 134 Å². The molecule has 0 N–H and O–H groups in total. The summed E-state index contributed by atoms with van der Waals surface area (Å²) in [7, 11) is 0. The molecule has 8 aromatic heterocycles. The van der Waals surface area contributed by atoms with E-state index in [4.69, 9.17) is 20.4 Å². The third-order valence-electron chi connectivity index (χ3n) is 19.2. The molecule has 4 aromatic carbocycles. The maximum Gasteiger partial charge on any atom is 0.168 e. The van der Waals surface area contributed by atoms with Crippen LogP contribution in [0.15, 0.2) is 105 Å². The van der Waals surface area contributed by atoms with Gasteiger partial charge >= 0.3 is 0 Å². The van der Waals surface area contributed by atoms with Crippen molar-refractivity contribution < 1.29 is 8.78 Å². The van der Waals surface area contributed by atoms with Crippen LogP contribution in [0.1, 0.15) is 169 Å². The molecule has 0 fully saturated rings. The van der Waals surface area contributed by atoms with E-state index < -0.39 is 11.6 Å². The number of hydrogen-bond donors (Lipinski definition) is 0. The quantitative estimate of drug-likeness (QED) is 0.0382. The molecule has 0 aliphatic carbocycles. The van der Waals surface area contributed by atoms with Gasteiger partial charge in [0.05, 0.1) is 21.5 Å². The first-order valence-corrected chi connectivity index (χ1v) is 41.6. The Balaban J connectivity index is 0.918. The first-order chi connectivity index (χ1) is 45.8. The predicted molar refractivity (Wildman–Crippen MR) is 413 cm³/mol. The van der Waals surface area contributed by atoms with E-state index in [1.807, 2.05) is 103 Å². The summed E-state index contributed by atoms with van der Waals surface area (Å²) in [4.78, 5) is 12.1. The fourth-order valence-electron chi connectivity index (χ4n) is 13.2. The van der Waals surface area contributed by atoms with Gasteiger partial charge in [-0.3, -0.25) is 0 Å². The minimum atomic E-state index is -0.854. The molecule has 0 amide bonds. The van der Waals surface area contributed by atoms with Crippen molar-refractivity contribution in [3.63, 3.8) is 0 Å². The zero-order valence-electron chi connectivity index (χ0n) is 56.4. The lowest BCUT2D eigenvalue weighted by Crippen LogP contribution is -2.12. The van der Waals surface area contributed by atoms with E-state index in [9.17, 15) is 0 Å². The van der Waals surface area contributed by atoms with Crippen molar-refractivity contribution in [3.8, 4) is 73.1 Å². The van der Waals surface area contributed by atoms with Gasteiger partial charge in [-0.15, -0.1) is 91.5 Å². The van der Waals surface area contributed by atoms with Crippen LogP contribution in [0, 0.1) is 49.2 Å². The summed E-state index contributed by atoms with van der Waals surface area (Å²) in [5.41, 5.74) is 10.6. The van der Waals surface area contributed by atoms with Gasteiger partial charge in [0.2, 0.25) is 0 Å². The predicted octanol–water partition coefficient (Wildman–Crippen LogP) is 27.5. The number of unbranched alkanes of at least 4 members (excludes halogenated alkanes) is 4. The van der Waals surface area contributed by atoms with Gasteiger partial charge in [0.15, 0.2) is 11.6 Å². The summed E-state index contributed by atoms with van der Waals surface area (Å²) in [6.07, 6.45) is 19.1. The van der Waals surface area contributed by atoms with Crippen molar-refractivity contribution in [2.75, 3.05) is 11.5 Å². The standard InChI is InChI=1S/C78H90F2N6S8/c1-11-19-23-49(15-5)43-85-81-73-47(9)27-28-55(74(73)82-85)62-35-33-60(90-62)53-29-30-54(72(80)71(53)79)61-34-36-63(91-61)56-31-32-57(76-75(56)83-86(84-76)44-50(16-6)24-20-12-2)66-42-59-70(65-38-40-68(93-65)88-46-52(18-8)26-22-14-4)77-58(41-48(10)89-77)69(78(59)94-66)64-37-39-67(92-64)87-45-51(17-7)25-21-13-3/h27-42,49-52H,11-26,43-46H2,1-10H3. The maximum absolute atomic E-state index is 16.9. The second kappa shape index (κ2) is 31.7. The zero-order chi connectivity index (χ0) is 65.6. The van der Waals surface area contributed by atoms with Crippen molar-refractivity contribution in [3.05, 3.63) is 119 Å². The number of nitrogens with zero attached hydrogens (tertiary/aromatic N) is 6. The van der Waals surface area contributed by atoms with Crippen molar-refractivity contribution in [1.29, 1.82) is 0 Å². The van der Waals surface area contributed by atoms with Crippen LogP contribution in [-0.4, -0.2) is 41.5 Å². The van der Waals surface area contributed by atoms with E-state index in [0.29, 0.717) is 21.6 Å². The molecule has 0 aliphatic heterocycles. The Hall–Kier alpha value is -5.04. The van der Waals surface area contributed by atoms with Gasteiger partial charge in [-0.2, -0.15) is 30.0 Å². The molecule has 0 saturated heterocycles. The minimum absolute atomic E-state index is 0.239. The molecule has 12 aromatic rings. The van der Waals surface area contributed by atoms with Crippen LogP contribution in [0.3, 0.4) is 0 Å². The van der Waals surface area contributed by atoms with Crippen molar-refractivity contribution in [1.82, 2.24) is 30.0 Å². The van der Waals surface area contributed by atoms with Crippen molar-refractivity contribution >= 4 is 134 Å². The summed E-state index contributed by atoms with van der Waals surface area (Å²) in [5, 5.41) is 23.5. The lowest BCUT2D eigenvalue weighted by Gasteiger charge is -2.13. The van der Waals surface area contributed by atoms with E-state index >= 15 is 8.78 Å². The molecule has 94 heavy (non-hydrogen) atoms. The Kier molecular flexibility index (Phi) is 23.2. The Morgan fingerprint density at radius 3 is 1.21 bits per heavy atom. The molecule has 0 saturated carbocycles. The number of thioether (sulfide) groups is 2. The molecule has 0 bridgehead atoms. The smallest absolute Gasteiger partial charge is 0.168 e. The van der Waals surface area contributed by atoms with E-state index in [1.165, 1.54) is 141 Å². The van der Waals surface area contributed by atoms with Crippen LogP contribution >= 0.6 is 91.5 Å². The van der Waals surface area contributed by atoms with Crippen LogP contribution in [0.2, 0.25) is 0 Å². The Labute approximate surface area is 588 Å². The number of thiophene rings is 6. The largest absolute Gasteiger partial charge is 0.203 e. The highest BCUT2D eigenvalue weighted by Crippen LogP contribution is 2.55. The summed E-state index contributed by atoms with van der Waals surface area (Å²) in [6.45, 7) is 24.2. The summed E-state index contributed by atoms with van der Waals surface area (Å²) in [5.74, 6) is 2.99. The first-order valence-electron chi connectivity index (χ1n) is 34.7. The number of halogens is 2. The normalized spacial score (nSPS) is 13.4. The van der Waals surface area contributed by atoms with Gasteiger partial charge in [-0.05, 0) is 142 Å². The first kappa shape index (κ1) is 68.9. The molecule has 8 heterocycles. The van der Waals surface area contributed by atoms with Gasteiger partial charge in [0.1, 0.15) is 22.1 Å². The molecule has 0 aliphatic rings. The fourth-order valence-corrected chi connectivity index (χ4v) is 22.8. The number of hydrogen-bond acceptors (Lipinski definition) is 12.